The fraction of sp³-hybridized carbons (Fsp3) is 0.350. The summed E-state index contributed by atoms with van der Waals surface area (Å²) < 4.78 is 5.39. The maximum absolute atomic E-state index is 12.1. The maximum atomic E-state index is 12.1. The van der Waals surface area contributed by atoms with Crippen molar-refractivity contribution in [1.82, 2.24) is 19.9 Å². The minimum Gasteiger partial charge on any atom is -0.338 e. The van der Waals surface area contributed by atoms with Crippen LogP contribution in [0.2, 0.25) is 0 Å². The molecule has 2 heterocycles. The number of carbonyl (C=O) groups excluding carboxylic acids is 1. The van der Waals surface area contributed by atoms with Crippen LogP contribution in [-0.4, -0.2) is 52.0 Å². The Balaban J connectivity index is 1.52. The van der Waals surface area contributed by atoms with Gasteiger partial charge in [0, 0.05) is 37.8 Å². The molecule has 1 saturated heterocycles. The molecule has 1 aliphatic heterocycles. The van der Waals surface area contributed by atoms with Gasteiger partial charge in [-0.15, -0.1) is 0 Å². The van der Waals surface area contributed by atoms with Crippen LogP contribution in [0.1, 0.15) is 18.4 Å². The zero-order valence-corrected chi connectivity index (χ0v) is 15.3. The second-order valence-corrected chi connectivity index (χ2v) is 6.36. The highest BCUT2D eigenvalue weighted by Crippen LogP contribution is 2.17. The second-order valence-electron chi connectivity index (χ2n) is 6.36. The molecular formula is C20H24N4O2. The van der Waals surface area contributed by atoms with Gasteiger partial charge in [-0.2, -0.15) is 4.98 Å². The SMILES string of the molecule is C/C=C/C=C/C(=O)N1CCN(Cc2nc(-c3ccc(C)cc3)no2)CC1. The molecule has 136 valence electrons. The highest BCUT2D eigenvalue weighted by atomic mass is 16.5. The van der Waals surface area contributed by atoms with Gasteiger partial charge in [0.25, 0.3) is 0 Å². The van der Waals surface area contributed by atoms with Crippen molar-refractivity contribution in [3.63, 3.8) is 0 Å². The Labute approximate surface area is 153 Å². The van der Waals surface area contributed by atoms with Crippen molar-refractivity contribution in [1.29, 1.82) is 0 Å². The van der Waals surface area contributed by atoms with E-state index in [-0.39, 0.29) is 5.91 Å². The summed E-state index contributed by atoms with van der Waals surface area (Å²) >= 11 is 0. The van der Waals surface area contributed by atoms with Crippen LogP contribution in [0, 0.1) is 6.92 Å². The van der Waals surface area contributed by atoms with Crippen molar-refractivity contribution < 1.29 is 9.32 Å². The molecule has 0 bridgehead atoms. The summed E-state index contributed by atoms with van der Waals surface area (Å²) in [5.41, 5.74) is 2.15. The lowest BCUT2D eigenvalue weighted by molar-refractivity contribution is -0.127. The zero-order valence-electron chi connectivity index (χ0n) is 15.3. The van der Waals surface area contributed by atoms with E-state index < -0.39 is 0 Å². The van der Waals surface area contributed by atoms with Gasteiger partial charge in [-0.05, 0) is 13.8 Å². The Morgan fingerprint density at radius 1 is 1.15 bits per heavy atom. The minimum atomic E-state index is 0.0576. The van der Waals surface area contributed by atoms with Gasteiger partial charge in [0.1, 0.15) is 0 Å². The molecular weight excluding hydrogens is 328 g/mol. The Hall–Kier alpha value is -2.73. The minimum absolute atomic E-state index is 0.0576. The van der Waals surface area contributed by atoms with Gasteiger partial charge in [0.2, 0.25) is 17.6 Å². The third-order valence-electron chi connectivity index (χ3n) is 4.36. The Bertz CT molecular complexity index is 784. The third kappa shape index (κ3) is 4.67. The van der Waals surface area contributed by atoms with E-state index in [0.717, 1.165) is 18.7 Å². The molecule has 1 aromatic heterocycles. The number of amides is 1. The fourth-order valence-corrected chi connectivity index (χ4v) is 2.81. The first-order chi connectivity index (χ1) is 12.7. The zero-order chi connectivity index (χ0) is 18.4. The smallest absolute Gasteiger partial charge is 0.246 e. The molecule has 0 spiro atoms. The van der Waals surface area contributed by atoms with Gasteiger partial charge in [-0.25, -0.2) is 0 Å². The van der Waals surface area contributed by atoms with Gasteiger partial charge in [-0.3, -0.25) is 9.69 Å². The molecule has 1 aliphatic rings. The van der Waals surface area contributed by atoms with Crippen molar-refractivity contribution >= 4 is 5.91 Å². The molecule has 1 aromatic carbocycles. The molecule has 26 heavy (non-hydrogen) atoms. The number of carbonyl (C=O) groups is 1. The molecule has 3 rings (SSSR count). The average molecular weight is 352 g/mol. The molecule has 6 heteroatoms. The normalized spacial score (nSPS) is 16.0. The summed E-state index contributed by atoms with van der Waals surface area (Å²) in [6.45, 7) is 7.59. The highest BCUT2D eigenvalue weighted by molar-refractivity contribution is 5.87. The molecule has 0 aliphatic carbocycles. The van der Waals surface area contributed by atoms with Gasteiger partial charge >= 0.3 is 0 Å². The lowest BCUT2D eigenvalue weighted by atomic mass is 10.1. The van der Waals surface area contributed by atoms with E-state index in [1.54, 1.807) is 12.2 Å². The molecule has 2 aromatic rings. The fourth-order valence-electron chi connectivity index (χ4n) is 2.81. The first-order valence-electron chi connectivity index (χ1n) is 8.86. The van der Waals surface area contributed by atoms with Crippen LogP contribution in [0.3, 0.4) is 0 Å². The molecule has 1 amide bonds. The van der Waals surface area contributed by atoms with E-state index in [0.29, 0.717) is 31.3 Å². The summed E-state index contributed by atoms with van der Waals surface area (Å²) in [6.07, 6.45) is 7.15. The molecule has 0 saturated carbocycles. The van der Waals surface area contributed by atoms with E-state index in [9.17, 15) is 4.79 Å². The van der Waals surface area contributed by atoms with Crippen LogP contribution >= 0.6 is 0 Å². The number of nitrogens with zero attached hydrogens (tertiary/aromatic N) is 4. The van der Waals surface area contributed by atoms with E-state index in [2.05, 4.69) is 15.0 Å². The topological polar surface area (TPSA) is 62.5 Å². The number of aryl methyl sites for hydroxylation is 1. The summed E-state index contributed by atoms with van der Waals surface area (Å²) in [5.74, 6) is 1.28. The summed E-state index contributed by atoms with van der Waals surface area (Å²) in [7, 11) is 0. The van der Waals surface area contributed by atoms with E-state index in [1.165, 1.54) is 5.56 Å². The standard InChI is InChI=1S/C20H24N4O2/c1-3-4-5-6-19(25)24-13-11-23(12-14-24)15-18-21-20(22-26-18)17-9-7-16(2)8-10-17/h3-10H,11-15H2,1-2H3/b4-3+,6-5+. The summed E-state index contributed by atoms with van der Waals surface area (Å²) in [5, 5.41) is 4.07. The number of rotatable bonds is 5. The molecule has 0 unspecified atom stereocenters. The van der Waals surface area contributed by atoms with Gasteiger partial charge in [0.15, 0.2) is 0 Å². The lowest BCUT2D eigenvalue weighted by Crippen LogP contribution is -2.47. The van der Waals surface area contributed by atoms with E-state index in [4.69, 9.17) is 4.52 Å². The lowest BCUT2D eigenvalue weighted by Gasteiger charge is -2.33. The van der Waals surface area contributed by atoms with Crippen molar-refractivity contribution in [2.24, 2.45) is 0 Å². The predicted molar refractivity (Wildman–Crippen MR) is 100 cm³/mol. The monoisotopic (exact) mass is 352 g/mol. The average Bonchev–Trinajstić information content (AvgIpc) is 3.11. The number of hydrogen-bond acceptors (Lipinski definition) is 5. The summed E-state index contributed by atoms with van der Waals surface area (Å²) in [4.78, 5) is 20.6. The molecule has 1 fully saturated rings. The molecule has 0 atom stereocenters. The van der Waals surface area contributed by atoms with E-state index >= 15 is 0 Å². The van der Waals surface area contributed by atoms with Gasteiger partial charge in [-0.1, -0.05) is 53.2 Å². The number of benzene rings is 1. The van der Waals surface area contributed by atoms with Crippen LogP contribution < -0.4 is 0 Å². The number of piperazine rings is 1. The van der Waals surface area contributed by atoms with Crippen LogP contribution in [0.5, 0.6) is 0 Å². The van der Waals surface area contributed by atoms with Crippen molar-refractivity contribution in [2.45, 2.75) is 20.4 Å². The molecule has 0 radical (unpaired) electrons. The van der Waals surface area contributed by atoms with E-state index in [1.807, 2.05) is 55.2 Å². The Morgan fingerprint density at radius 2 is 1.88 bits per heavy atom. The predicted octanol–water partition coefficient (Wildman–Crippen LogP) is 2.82. The van der Waals surface area contributed by atoms with Crippen molar-refractivity contribution in [2.75, 3.05) is 26.2 Å². The number of hydrogen-bond donors (Lipinski definition) is 0. The second kappa shape index (κ2) is 8.58. The largest absolute Gasteiger partial charge is 0.338 e. The van der Waals surface area contributed by atoms with Gasteiger partial charge < -0.3 is 9.42 Å². The first-order valence-corrected chi connectivity index (χ1v) is 8.86. The van der Waals surface area contributed by atoms with Crippen LogP contribution in [-0.2, 0) is 11.3 Å². The summed E-state index contributed by atoms with van der Waals surface area (Å²) in [6, 6.07) is 8.06. The van der Waals surface area contributed by atoms with Crippen molar-refractivity contribution in [3.05, 3.63) is 60.0 Å². The molecule has 6 nitrogen and oxygen atoms in total. The quantitative estimate of drug-likeness (QED) is 0.612. The van der Waals surface area contributed by atoms with Crippen molar-refractivity contribution in [3.8, 4) is 11.4 Å². The first kappa shape index (κ1) is 18.1. The van der Waals surface area contributed by atoms with Crippen LogP contribution in [0.4, 0.5) is 0 Å². The highest BCUT2D eigenvalue weighted by Gasteiger charge is 2.21. The van der Waals surface area contributed by atoms with Gasteiger partial charge in [0.05, 0.1) is 6.54 Å². The Morgan fingerprint density at radius 3 is 2.58 bits per heavy atom. The third-order valence-corrected chi connectivity index (χ3v) is 4.36. The van der Waals surface area contributed by atoms with Crippen LogP contribution in [0.25, 0.3) is 11.4 Å². The number of aromatic nitrogens is 2. The van der Waals surface area contributed by atoms with Crippen LogP contribution in [0.15, 0.2) is 53.1 Å². The number of allylic oxidation sites excluding steroid dienone is 3. The molecule has 0 N–H and O–H groups in total. The Kier molecular flexibility index (Phi) is 5.96. The maximum Gasteiger partial charge on any atom is 0.246 e.